The number of amides is 2. The van der Waals surface area contributed by atoms with E-state index in [1.165, 1.54) is 24.3 Å². The van der Waals surface area contributed by atoms with Crippen LogP contribution >= 0.6 is 11.6 Å². The minimum absolute atomic E-state index is 0.00174. The topological polar surface area (TPSA) is 140 Å². The Bertz CT molecular complexity index is 2080. The zero-order chi connectivity index (χ0) is 40.3. The number of hydrogen-bond donors (Lipinski definition) is 3. The lowest BCUT2D eigenvalue weighted by Gasteiger charge is -2.35. The van der Waals surface area contributed by atoms with Gasteiger partial charge >= 0.3 is 24.9 Å². The Balaban J connectivity index is 1.41. The van der Waals surface area contributed by atoms with E-state index in [-0.39, 0.29) is 45.1 Å². The summed E-state index contributed by atoms with van der Waals surface area (Å²) in [5.74, 6) is -2.63. The van der Waals surface area contributed by atoms with E-state index >= 15 is 4.39 Å². The number of ether oxygens (including phenoxy) is 1. The normalized spacial score (nSPS) is 20.9. The number of carbonyl (C=O) groups excluding carboxylic acids is 2. The van der Waals surface area contributed by atoms with Gasteiger partial charge in [-0.3, -0.25) is 15.1 Å². The second-order valence-electron chi connectivity index (χ2n) is 14.4. The van der Waals surface area contributed by atoms with E-state index in [4.69, 9.17) is 21.7 Å². The van der Waals surface area contributed by atoms with E-state index < -0.39 is 90.2 Å². The first kappa shape index (κ1) is 39.4. The third kappa shape index (κ3) is 7.55. The number of anilines is 1. The SMILES string of the molecule is CC(C)(C)C[C@]1(c2ccc(-c3ccn(C(F)F)n3)cc2F)NC(=N)N([C@H](COC(=O)NC2(C(F)(F)F)CC2)c2ccc(Cl)c(N3N=CN=CC3(F)F)c2)C1=O. The molecule has 3 aliphatic rings. The quantitative estimate of drug-likeness (QED) is 0.142. The highest BCUT2D eigenvalue weighted by atomic mass is 35.5. The highest BCUT2D eigenvalue weighted by Crippen LogP contribution is 2.49. The average Bonchev–Trinajstić information content (AvgIpc) is 3.62. The molecule has 6 rings (SSSR count). The predicted molar refractivity (Wildman–Crippen MR) is 183 cm³/mol. The maximum atomic E-state index is 16.3. The van der Waals surface area contributed by atoms with Gasteiger partial charge in [0.2, 0.25) is 0 Å². The van der Waals surface area contributed by atoms with Gasteiger partial charge in [0.1, 0.15) is 29.8 Å². The monoisotopic (exact) mass is 801 g/mol. The molecule has 1 aromatic heterocycles. The first-order valence-electron chi connectivity index (χ1n) is 16.5. The molecule has 2 aromatic carbocycles. The number of aromatic nitrogens is 2. The van der Waals surface area contributed by atoms with Crippen molar-refractivity contribution in [2.24, 2.45) is 15.5 Å². The van der Waals surface area contributed by atoms with Gasteiger partial charge in [0.15, 0.2) is 5.96 Å². The first-order chi connectivity index (χ1) is 25.6. The van der Waals surface area contributed by atoms with Crippen LogP contribution < -0.4 is 15.6 Å². The lowest BCUT2D eigenvalue weighted by molar-refractivity contribution is -0.164. The third-order valence-corrected chi connectivity index (χ3v) is 9.45. The van der Waals surface area contributed by atoms with E-state index in [2.05, 4.69) is 20.5 Å². The Hall–Kier alpha value is -5.27. The maximum absolute atomic E-state index is 16.3. The number of rotatable bonds is 10. The molecule has 12 nitrogen and oxygen atoms in total. The Kier molecular flexibility index (Phi) is 9.88. The van der Waals surface area contributed by atoms with Crippen LogP contribution in [0.4, 0.5) is 45.6 Å². The highest BCUT2D eigenvalue weighted by Gasteiger charge is 2.65. The predicted octanol–water partition coefficient (Wildman–Crippen LogP) is 7.73. The lowest BCUT2D eigenvalue weighted by atomic mass is 9.75. The summed E-state index contributed by atoms with van der Waals surface area (Å²) in [5.41, 5.74) is -6.03. The summed E-state index contributed by atoms with van der Waals surface area (Å²) in [6.45, 7) is 1.31. The van der Waals surface area contributed by atoms with Crippen molar-refractivity contribution in [3.63, 3.8) is 0 Å². The molecule has 0 spiro atoms. The van der Waals surface area contributed by atoms with Crippen molar-refractivity contribution in [1.29, 1.82) is 5.41 Å². The van der Waals surface area contributed by atoms with Crippen molar-refractivity contribution < 1.29 is 49.4 Å². The molecule has 2 aliphatic heterocycles. The van der Waals surface area contributed by atoms with Gasteiger partial charge in [-0.05, 0) is 54.5 Å². The van der Waals surface area contributed by atoms with Crippen molar-refractivity contribution in [2.75, 3.05) is 11.6 Å². The number of hydrazone groups is 1. The summed E-state index contributed by atoms with van der Waals surface area (Å²) in [5, 5.41) is 20.8. The molecule has 0 radical (unpaired) electrons. The van der Waals surface area contributed by atoms with Gasteiger partial charge in [-0.15, -0.1) is 0 Å². The molecule has 2 amide bonds. The number of alkyl halides is 7. The number of halogens is 9. The van der Waals surface area contributed by atoms with Crippen LogP contribution in [-0.4, -0.2) is 69.6 Å². The second kappa shape index (κ2) is 13.8. The van der Waals surface area contributed by atoms with Crippen LogP contribution in [0, 0.1) is 16.6 Å². The van der Waals surface area contributed by atoms with Crippen molar-refractivity contribution in [1.82, 2.24) is 25.3 Å². The number of nitrogens with one attached hydrogen (secondary N) is 3. The summed E-state index contributed by atoms with van der Waals surface area (Å²) in [7, 11) is 0. The number of aliphatic imine (C=N–C) groups is 1. The Labute approximate surface area is 312 Å². The van der Waals surface area contributed by atoms with Crippen LogP contribution in [0.25, 0.3) is 11.3 Å². The minimum atomic E-state index is -4.80. The Morgan fingerprint density at radius 1 is 1.11 bits per heavy atom. The zero-order valence-electron chi connectivity index (χ0n) is 29.1. The fourth-order valence-corrected chi connectivity index (χ4v) is 6.70. The Morgan fingerprint density at radius 3 is 2.40 bits per heavy atom. The summed E-state index contributed by atoms with van der Waals surface area (Å²) in [4.78, 5) is 31.8. The number of hydrogen-bond acceptors (Lipinski definition) is 8. The smallest absolute Gasteiger partial charge is 0.411 e. The number of benzene rings is 2. The molecule has 3 heterocycles. The molecule has 1 aliphatic carbocycles. The van der Waals surface area contributed by atoms with Crippen LogP contribution in [0.3, 0.4) is 0 Å². The average molecular weight is 802 g/mol. The molecular formula is C34H32ClF8N9O3. The van der Waals surface area contributed by atoms with Crippen molar-refractivity contribution >= 4 is 47.8 Å². The van der Waals surface area contributed by atoms with Gasteiger partial charge in [-0.25, -0.2) is 18.9 Å². The third-order valence-electron chi connectivity index (χ3n) is 9.13. The molecule has 2 fully saturated rings. The molecule has 3 N–H and O–H groups in total. The van der Waals surface area contributed by atoms with Gasteiger partial charge in [0.25, 0.3) is 5.91 Å². The van der Waals surface area contributed by atoms with Crippen LogP contribution in [0.5, 0.6) is 0 Å². The second-order valence-corrected chi connectivity index (χ2v) is 14.8. The molecule has 21 heteroatoms. The van der Waals surface area contributed by atoms with Gasteiger partial charge in [-0.2, -0.15) is 45.9 Å². The molecule has 3 aromatic rings. The van der Waals surface area contributed by atoms with Gasteiger partial charge < -0.3 is 15.4 Å². The fourth-order valence-electron chi connectivity index (χ4n) is 6.50. The van der Waals surface area contributed by atoms with E-state index in [9.17, 15) is 40.3 Å². The van der Waals surface area contributed by atoms with Crippen molar-refractivity contribution in [3.8, 4) is 11.3 Å². The number of nitrogens with zero attached hydrogens (tertiary/aromatic N) is 6. The minimum Gasteiger partial charge on any atom is -0.447 e. The molecule has 0 unspecified atom stereocenters. The standard InChI is InChI=1S/C34H32ClF8N9O3/c1-30(2,3)15-32(20-6-4-18(12-22(20)36)23-8-11-50(49-23)27(37)38)26(53)51(28(44)47-32)25(14-55-29(54)48-31(9-10-31)34(41,42)43)19-5-7-21(35)24(13-19)52-33(39,40)16-45-17-46-52/h4-8,11-13,16-17,25,27H,9-10,14-15H2,1-3H3,(H2,44,47)(H,48,54)/t25-,32-/m1/s1. The van der Waals surface area contributed by atoms with Gasteiger partial charge in [0.05, 0.1) is 28.7 Å². The van der Waals surface area contributed by atoms with E-state index in [0.29, 0.717) is 4.68 Å². The van der Waals surface area contributed by atoms with Gasteiger partial charge in [-0.1, -0.05) is 50.6 Å². The highest BCUT2D eigenvalue weighted by molar-refractivity contribution is 6.33. The zero-order valence-corrected chi connectivity index (χ0v) is 29.8. The number of guanidine groups is 1. The summed E-state index contributed by atoms with van der Waals surface area (Å²) >= 11 is 6.30. The van der Waals surface area contributed by atoms with E-state index in [1.54, 1.807) is 26.1 Å². The molecule has 0 bridgehead atoms. The van der Waals surface area contributed by atoms with Crippen molar-refractivity contribution in [3.05, 3.63) is 70.6 Å². The first-order valence-corrected chi connectivity index (χ1v) is 16.9. The van der Waals surface area contributed by atoms with E-state index in [0.717, 1.165) is 35.6 Å². The van der Waals surface area contributed by atoms with Crippen LogP contribution in [0.15, 0.2) is 58.8 Å². The summed E-state index contributed by atoms with van der Waals surface area (Å²) < 4.78 is 119. The molecule has 55 heavy (non-hydrogen) atoms. The number of alkyl carbamates (subject to hydrolysis) is 1. The molecule has 1 saturated heterocycles. The molecular weight excluding hydrogens is 770 g/mol. The van der Waals surface area contributed by atoms with E-state index in [1.807, 2.05) is 0 Å². The summed E-state index contributed by atoms with van der Waals surface area (Å²) in [6.07, 6.45) is -5.19. The maximum Gasteiger partial charge on any atom is 0.411 e. The number of carbonyl (C=O) groups is 2. The summed E-state index contributed by atoms with van der Waals surface area (Å²) in [6, 6.07) is 2.87. The van der Waals surface area contributed by atoms with Crippen LogP contribution in [-0.2, 0) is 15.1 Å². The molecule has 2 atom stereocenters. The fraction of sp³-hybridized carbons (Fsp3) is 0.412. The molecule has 1 saturated carbocycles. The Morgan fingerprint density at radius 2 is 1.82 bits per heavy atom. The van der Waals surface area contributed by atoms with Crippen LogP contribution in [0.2, 0.25) is 5.02 Å². The largest absolute Gasteiger partial charge is 0.447 e. The lowest BCUT2D eigenvalue weighted by Crippen LogP contribution is -2.49. The van der Waals surface area contributed by atoms with Crippen LogP contribution in [0.1, 0.15) is 63.8 Å². The van der Waals surface area contributed by atoms with Gasteiger partial charge in [0, 0.05) is 17.3 Å². The molecule has 294 valence electrons. The van der Waals surface area contributed by atoms with Crippen molar-refractivity contribution in [2.45, 2.75) is 75.9 Å².